The summed E-state index contributed by atoms with van der Waals surface area (Å²) in [5.41, 5.74) is 4.68. The summed E-state index contributed by atoms with van der Waals surface area (Å²) in [6.45, 7) is 4.07. The van der Waals surface area contributed by atoms with E-state index in [1.807, 2.05) is 6.20 Å². The summed E-state index contributed by atoms with van der Waals surface area (Å²) in [5.74, 6) is 1.55. The Balaban J connectivity index is 1.43. The molecule has 3 heterocycles. The van der Waals surface area contributed by atoms with Gasteiger partial charge in [-0.25, -0.2) is 15.0 Å². The SMILES string of the molecule is Cc1[nH]cnc1C1CCN(c2ncncc2-c2ccc3ccccc3c2)CC1. The van der Waals surface area contributed by atoms with Gasteiger partial charge in [0.25, 0.3) is 0 Å². The van der Waals surface area contributed by atoms with Crippen molar-refractivity contribution in [2.45, 2.75) is 25.7 Å². The Kier molecular flexibility index (Phi) is 4.28. The van der Waals surface area contributed by atoms with Gasteiger partial charge < -0.3 is 9.88 Å². The van der Waals surface area contributed by atoms with Gasteiger partial charge in [-0.05, 0) is 42.2 Å². The number of aryl methyl sites for hydroxylation is 1. The third kappa shape index (κ3) is 3.03. The molecule has 28 heavy (non-hydrogen) atoms. The quantitative estimate of drug-likeness (QED) is 0.568. The molecule has 140 valence electrons. The molecule has 5 rings (SSSR count). The summed E-state index contributed by atoms with van der Waals surface area (Å²) in [6.07, 6.45) is 7.58. The van der Waals surface area contributed by atoms with E-state index in [1.165, 1.54) is 27.7 Å². The van der Waals surface area contributed by atoms with Crippen LogP contribution in [0.4, 0.5) is 5.82 Å². The fourth-order valence-corrected chi connectivity index (χ4v) is 4.28. The first-order valence-corrected chi connectivity index (χ1v) is 9.83. The monoisotopic (exact) mass is 369 g/mol. The molecule has 1 aliphatic rings. The third-order valence-electron chi connectivity index (χ3n) is 5.80. The number of fused-ring (bicyclic) bond motifs is 1. The van der Waals surface area contributed by atoms with Gasteiger partial charge in [-0.1, -0.05) is 36.4 Å². The first-order chi connectivity index (χ1) is 13.8. The van der Waals surface area contributed by atoms with Crippen molar-refractivity contribution in [3.8, 4) is 11.1 Å². The number of hydrogen-bond acceptors (Lipinski definition) is 4. The van der Waals surface area contributed by atoms with Gasteiger partial charge in [0.1, 0.15) is 12.1 Å². The van der Waals surface area contributed by atoms with Crippen molar-refractivity contribution < 1.29 is 0 Å². The standard InChI is InChI=1S/C23H23N5/c1-16-22(26-15-25-16)18-8-10-28(11-9-18)23-21(13-24-14-27-23)20-7-6-17-4-2-3-5-19(17)12-20/h2-7,12-15,18H,8-11H2,1H3,(H,25,26). The van der Waals surface area contributed by atoms with Crippen LogP contribution in [0.15, 0.2) is 61.3 Å². The van der Waals surface area contributed by atoms with Crippen LogP contribution in [-0.4, -0.2) is 33.0 Å². The zero-order chi connectivity index (χ0) is 18.9. The number of H-pyrrole nitrogens is 1. The minimum Gasteiger partial charge on any atom is -0.356 e. The zero-order valence-corrected chi connectivity index (χ0v) is 16.0. The minimum absolute atomic E-state index is 0.522. The van der Waals surface area contributed by atoms with E-state index in [0.717, 1.165) is 37.3 Å². The Morgan fingerprint density at radius 2 is 1.82 bits per heavy atom. The summed E-state index contributed by atoms with van der Waals surface area (Å²) < 4.78 is 0. The van der Waals surface area contributed by atoms with E-state index in [4.69, 9.17) is 0 Å². The normalized spacial score (nSPS) is 15.2. The Hall–Kier alpha value is -3.21. The molecule has 1 N–H and O–H groups in total. The van der Waals surface area contributed by atoms with Gasteiger partial charge in [-0.15, -0.1) is 0 Å². The molecular weight excluding hydrogens is 346 g/mol. The molecule has 0 bridgehead atoms. The maximum absolute atomic E-state index is 4.66. The number of anilines is 1. The van der Waals surface area contributed by atoms with Crippen molar-refractivity contribution in [2.24, 2.45) is 0 Å². The number of hydrogen-bond donors (Lipinski definition) is 1. The summed E-state index contributed by atoms with van der Waals surface area (Å²) in [5, 5.41) is 2.49. The Labute approximate surface area is 164 Å². The number of aromatic amines is 1. The molecule has 0 radical (unpaired) electrons. The maximum Gasteiger partial charge on any atom is 0.139 e. The van der Waals surface area contributed by atoms with E-state index >= 15 is 0 Å². The van der Waals surface area contributed by atoms with E-state index in [9.17, 15) is 0 Å². The zero-order valence-electron chi connectivity index (χ0n) is 16.0. The number of rotatable bonds is 3. The van der Waals surface area contributed by atoms with Crippen molar-refractivity contribution in [1.29, 1.82) is 0 Å². The summed E-state index contributed by atoms with van der Waals surface area (Å²) >= 11 is 0. The second kappa shape index (κ2) is 7.08. The molecule has 1 saturated heterocycles. The molecule has 0 spiro atoms. The molecular formula is C23H23N5. The molecule has 1 aliphatic heterocycles. The van der Waals surface area contributed by atoms with Crippen LogP contribution < -0.4 is 4.90 Å². The number of piperidine rings is 1. The Morgan fingerprint density at radius 1 is 1.00 bits per heavy atom. The molecule has 5 heteroatoms. The fourth-order valence-electron chi connectivity index (χ4n) is 4.28. The molecule has 5 nitrogen and oxygen atoms in total. The highest BCUT2D eigenvalue weighted by Crippen LogP contribution is 2.35. The van der Waals surface area contributed by atoms with Gasteiger partial charge in [0.05, 0.1) is 12.0 Å². The summed E-state index contributed by atoms with van der Waals surface area (Å²) in [4.78, 5) is 19.1. The predicted molar refractivity (Wildman–Crippen MR) is 112 cm³/mol. The first kappa shape index (κ1) is 16.9. The largest absolute Gasteiger partial charge is 0.356 e. The van der Waals surface area contributed by atoms with E-state index < -0.39 is 0 Å². The van der Waals surface area contributed by atoms with Gasteiger partial charge >= 0.3 is 0 Å². The van der Waals surface area contributed by atoms with Gasteiger partial charge in [0.15, 0.2) is 0 Å². The first-order valence-electron chi connectivity index (χ1n) is 9.83. The Bertz CT molecular complexity index is 1110. The smallest absolute Gasteiger partial charge is 0.139 e. The number of nitrogens with one attached hydrogen (secondary N) is 1. The minimum atomic E-state index is 0.522. The highest BCUT2D eigenvalue weighted by Gasteiger charge is 2.25. The molecule has 0 saturated carbocycles. The van der Waals surface area contributed by atoms with Crippen LogP contribution in [0.3, 0.4) is 0 Å². The van der Waals surface area contributed by atoms with Crippen molar-refractivity contribution in [3.05, 3.63) is 72.7 Å². The number of nitrogens with zero attached hydrogens (tertiary/aromatic N) is 4. The number of imidazole rings is 1. The molecule has 0 amide bonds. The lowest BCUT2D eigenvalue weighted by Gasteiger charge is -2.33. The topological polar surface area (TPSA) is 57.7 Å². The molecule has 0 unspecified atom stereocenters. The second-order valence-electron chi connectivity index (χ2n) is 7.50. The van der Waals surface area contributed by atoms with Crippen LogP contribution in [0.2, 0.25) is 0 Å². The predicted octanol–water partition coefficient (Wildman–Crippen LogP) is 4.71. The molecule has 2 aromatic carbocycles. The van der Waals surface area contributed by atoms with Crippen LogP contribution in [0, 0.1) is 6.92 Å². The van der Waals surface area contributed by atoms with Crippen molar-refractivity contribution in [1.82, 2.24) is 19.9 Å². The molecule has 0 atom stereocenters. The van der Waals surface area contributed by atoms with E-state index in [1.54, 1.807) is 12.7 Å². The van der Waals surface area contributed by atoms with Gasteiger partial charge in [-0.3, -0.25) is 0 Å². The van der Waals surface area contributed by atoms with E-state index in [-0.39, 0.29) is 0 Å². The van der Waals surface area contributed by atoms with E-state index in [2.05, 4.69) is 74.2 Å². The molecule has 1 fully saturated rings. The molecule has 2 aromatic heterocycles. The van der Waals surface area contributed by atoms with Crippen LogP contribution in [0.1, 0.15) is 30.1 Å². The van der Waals surface area contributed by atoms with Gasteiger partial charge in [0, 0.05) is 36.5 Å². The lowest BCUT2D eigenvalue weighted by molar-refractivity contribution is 0.493. The number of aromatic nitrogens is 4. The Morgan fingerprint density at radius 3 is 2.61 bits per heavy atom. The average Bonchev–Trinajstić information content (AvgIpc) is 3.19. The maximum atomic E-state index is 4.66. The lowest BCUT2D eigenvalue weighted by atomic mass is 9.92. The fraction of sp³-hybridized carbons (Fsp3) is 0.261. The van der Waals surface area contributed by atoms with Crippen LogP contribution in [0.5, 0.6) is 0 Å². The van der Waals surface area contributed by atoms with Crippen LogP contribution in [-0.2, 0) is 0 Å². The second-order valence-corrected chi connectivity index (χ2v) is 7.50. The third-order valence-corrected chi connectivity index (χ3v) is 5.80. The number of benzene rings is 2. The molecule has 4 aromatic rings. The highest BCUT2D eigenvalue weighted by atomic mass is 15.2. The van der Waals surface area contributed by atoms with Crippen molar-refractivity contribution in [3.63, 3.8) is 0 Å². The molecule has 0 aliphatic carbocycles. The van der Waals surface area contributed by atoms with Crippen molar-refractivity contribution >= 4 is 16.6 Å². The van der Waals surface area contributed by atoms with E-state index in [0.29, 0.717) is 5.92 Å². The lowest BCUT2D eigenvalue weighted by Crippen LogP contribution is -2.34. The van der Waals surface area contributed by atoms with Crippen LogP contribution in [0.25, 0.3) is 21.9 Å². The van der Waals surface area contributed by atoms with Crippen molar-refractivity contribution in [2.75, 3.05) is 18.0 Å². The average molecular weight is 369 g/mol. The van der Waals surface area contributed by atoms with Crippen LogP contribution >= 0.6 is 0 Å². The summed E-state index contributed by atoms with van der Waals surface area (Å²) in [7, 11) is 0. The van der Waals surface area contributed by atoms with Gasteiger partial charge in [0.2, 0.25) is 0 Å². The highest BCUT2D eigenvalue weighted by molar-refractivity contribution is 5.89. The van der Waals surface area contributed by atoms with Gasteiger partial charge in [-0.2, -0.15) is 0 Å². The summed E-state index contributed by atoms with van der Waals surface area (Å²) in [6, 6.07) is 15.0.